The predicted molar refractivity (Wildman–Crippen MR) is 127 cm³/mol. The summed E-state index contributed by atoms with van der Waals surface area (Å²) in [4.78, 5) is 0. The fourth-order valence-corrected chi connectivity index (χ4v) is 4.49. The molecule has 0 saturated carbocycles. The summed E-state index contributed by atoms with van der Waals surface area (Å²) in [7, 11) is 3.45. The number of nitrogens with one attached hydrogen (secondary N) is 1. The van der Waals surface area contributed by atoms with Crippen LogP contribution in [0.5, 0.6) is 11.5 Å². The molecule has 11 heteroatoms. The Balaban J connectivity index is 1.52. The van der Waals surface area contributed by atoms with Gasteiger partial charge in [-0.05, 0) is 53.2 Å². The molecule has 1 heterocycles. The predicted octanol–water partition coefficient (Wildman–Crippen LogP) is 5.14. The molecular formula is C20H22BrCl2N5O2S. The van der Waals surface area contributed by atoms with E-state index in [4.69, 9.17) is 32.7 Å². The average Bonchev–Trinajstić information content (AvgIpc) is 3.16. The molecule has 0 aliphatic heterocycles. The van der Waals surface area contributed by atoms with Crippen LogP contribution in [0.1, 0.15) is 17.5 Å². The van der Waals surface area contributed by atoms with E-state index in [0.717, 1.165) is 39.5 Å². The molecule has 1 aromatic heterocycles. The first-order chi connectivity index (χ1) is 15.0. The van der Waals surface area contributed by atoms with E-state index < -0.39 is 0 Å². The van der Waals surface area contributed by atoms with Gasteiger partial charge in [0.1, 0.15) is 6.61 Å². The van der Waals surface area contributed by atoms with E-state index in [9.17, 15) is 0 Å². The van der Waals surface area contributed by atoms with E-state index >= 15 is 0 Å². The van der Waals surface area contributed by atoms with Crippen LogP contribution in [0.4, 0.5) is 0 Å². The zero-order valence-corrected chi connectivity index (χ0v) is 21.0. The molecule has 3 aromatic rings. The zero-order chi connectivity index (χ0) is 22.2. The third-order valence-electron chi connectivity index (χ3n) is 4.39. The highest BCUT2D eigenvalue weighted by atomic mass is 79.9. The SMILES string of the molecule is COc1cc(CNCCCSc2nnnn2C)c(Br)cc1OCc1c(Cl)cccc1Cl. The second-order valence-corrected chi connectivity index (χ2v) is 9.28. The van der Waals surface area contributed by atoms with Gasteiger partial charge in [-0.3, -0.25) is 0 Å². The van der Waals surface area contributed by atoms with Gasteiger partial charge in [0.2, 0.25) is 5.16 Å². The minimum absolute atomic E-state index is 0.248. The highest BCUT2D eigenvalue weighted by Crippen LogP contribution is 2.35. The molecule has 1 N–H and O–H groups in total. The van der Waals surface area contributed by atoms with Gasteiger partial charge in [0.25, 0.3) is 0 Å². The number of halogens is 3. The first-order valence-electron chi connectivity index (χ1n) is 9.47. The summed E-state index contributed by atoms with van der Waals surface area (Å²) in [6.07, 6.45) is 0.992. The lowest BCUT2D eigenvalue weighted by Crippen LogP contribution is -2.16. The normalized spacial score (nSPS) is 11.0. The van der Waals surface area contributed by atoms with E-state index in [-0.39, 0.29) is 6.61 Å². The Labute approximate surface area is 203 Å². The molecule has 0 bridgehead atoms. The third kappa shape index (κ3) is 6.73. The molecule has 0 fully saturated rings. The maximum Gasteiger partial charge on any atom is 0.209 e. The van der Waals surface area contributed by atoms with Crippen molar-refractivity contribution in [2.24, 2.45) is 7.05 Å². The highest BCUT2D eigenvalue weighted by molar-refractivity contribution is 9.10. The molecule has 0 aliphatic rings. The smallest absolute Gasteiger partial charge is 0.209 e. The molecule has 3 rings (SSSR count). The minimum atomic E-state index is 0.248. The quantitative estimate of drug-likeness (QED) is 0.263. The summed E-state index contributed by atoms with van der Waals surface area (Å²) in [5.41, 5.74) is 1.81. The second kappa shape index (κ2) is 11.9. The minimum Gasteiger partial charge on any atom is -0.493 e. The molecule has 0 radical (unpaired) electrons. The molecule has 166 valence electrons. The topological polar surface area (TPSA) is 74.1 Å². The number of methoxy groups -OCH3 is 1. The third-order valence-corrected chi connectivity index (χ3v) is 6.94. The lowest BCUT2D eigenvalue weighted by atomic mass is 10.2. The molecule has 0 atom stereocenters. The Morgan fingerprint density at radius 3 is 2.65 bits per heavy atom. The average molecular weight is 547 g/mol. The van der Waals surface area contributed by atoms with Gasteiger partial charge in [-0.2, -0.15) is 0 Å². The van der Waals surface area contributed by atoms with Gasteiger partial charge < -0.3 is 14.8 Å². The first kappa shape index (κ1) is 24.1. The van der Waals surface area contributed by atoms with Crippen molar-refractivity contribution in [2.75, 3.05) is 19.4 Å². The van der Waals surface area contributed by atoms with Crippen LogP contribution in [-0.4, -0.2) is 39.6 Å². The van der Waals surface area contributed by atoms with Crippen LogP contribution >= 0.6 is 50.9 Å². The number of tetrazole rings is 1. The van der Waals surface area contributed by atoms with Gasteiger partial charge in [-0.25, -0.2) is 4.68 Å². The van der Waals surface area contributed by atoms with E-state index in [1.807, 2.05) is 19.2 Å². The number of benzene rings is 2. The summed E-state index contributed by atoms with van der Waals surface area (Å²) < 4.78 is 14.1. The lowest BCUT2D eigenvalue weighted by Gasteiger charge is -2.15. The van der Waals surface area contributed by atoms with Gasteiger partial charge in [-0.15, -0.1) is 5.10 Å². The molecule has 0 saturated heterocycles. The Hall–Kier alpha value is -1.52. The van der Waals surface area contributed by atoms with Crippen molar-refractivity contribution < 1.29 is 9.47 Å². The molecule has 0 spiro atoms. The highest BCUT2D eigenvalue weighted by Gasteiger charge is 2.13. The van der Waals surface area contributed by atoms with Crippen molar-refractivity contribution in [3.05, 3.63) is 56.0 Å². The van der Waals surface area contributed by atoms with Gasteiger partial charge in [0.05, 0.1) is 7.11 Å². The summed E-state index contributed by atoms with van der Waals surface area (Å²) in [6, 6.07) is 9.24. The number of aryl methyl sites for hydroxylation is 1. The number of nitrogens with zero attached hydrogens (tertiary/aromatic N) is 4. The number of rotatable bonds is 11. The molecule has 31 heavy (non-hydrogen) atoms. The Kier molecular flexibility index (Phi) is 9.28. The van der Waals surface area contributed by atoms with Gasteiger partial charge in [0, 0.05) is 39.4 Å². The second-order valence-electron chi connectivity index (χ2n) is 6.55. The van der Waals surface area contributed by atoms with E-state index in [1.54, 1.807) is 41.8 Å². The molecule has 0 unspecified atom stereocenters. The fourth-order valence-electron chi connectivity index (χ4n) is 2.73. The van der Waals surface area contributed by atoms with Crippen LogP contribution < -0.4 is 14.8 Å². The van der Waals surface area contributed by atoms with Crippen LogP contribution in [0.3, 0.4) is 0 Å². The summed E-state index contributed by atoms with van der Waals surface area (Å²) >= 11 is 17.7. The van der Waals surface area contributed by atoms with Crippen LogP contribution in [0.2, 0.25) is 10.0 Å². The zero-order valence-electron chi connectivity index (χ0n) is 17.1. The van der Waals surface area contributed by atoms with Crippen LogP contribution in [0.25, 0.3) is 0 Å². The van der Waals surface area contributed by atoms with Crippen LogP contribution in [0, 0.1) is 0 Å². The van der Waals surface area contributed by atoms with Crippen molar-refractivity contribution in [1.29, 1.82) is 0 Å². The van der Waals surface area contributed by atoms with E-state index in [2.05, 4.69) is 36.8 Å². The Morgan fingerprint density at radius 1 is 1.19 bits per heavy atom. The van der Waals surface area contributed by atoms with Gasteiger partial charge in [0.15, 0.2) is 11.5 Å². The summed E-state index contributed by atoms with van der Waals surface area (Å²) in [5.74, 6) is 2.19. The van der Waals surface area contributed by atoms with Crippen molar-refractivity contribution >= 4 is 50.9 Å². The van der Waals surface area contributed by atoms with Crippen molar-refractivity contribution in [3.8, 4) is 11.5 Å². The molecular weight excluding hydrogens is 525 g/mol. The fraction of sp³-hybridized carbons (Fsp3) is 0.350. The summed E-state index contributed by atoms with van der Waals surface area (Å²) in [6.45, 7) is 1.82. The molecule has 0 amide bonds. The number of aromatic nitrogens is 4. The number of hydrogen-bond donors (Lipinski definition) is 1. The monoisotopic (exact) mass is 545 g/mol. The summed E-state index contributed by atoms with van der Waals surface area (Å²) in [5, 5.41) is 16.8. The Morgan fingerprint density at radius 2 is 1.97 bits per heavy atom. The van der Waals surface area contributed by atoms with Crippen LogP contribution in [0.15, 0.2) is 40.0 Å². The molecule has 7 nitrogen and oxygen atoms in total. The Bertz CT molecular complexity index is 1000. The van der Waals surface area contributed by atoms with Crippen molar-refractivity contribution in [2.45, 2.75) is 24.7 Å². The maximum absolute atomic E-state index is 6.23. The number of hydrogen-bond acceptors (Lipinski definition) is 7. The van der Waals surface area contributed by atoms with Crippen molar-refractivity contribution in [3.63, 3.8) is 0 Å². The van der Waals surface area contributed by atoms with Gasteiger partial charge in [-0.1, -0.05) is 57.0 Å². The van der Waals surface area contributed by atoms with Gasteiger partial charge >= 0.3 is 0 Å². The maximum atomic E-state index is 6.23. The van der Waals surface area contributed by atoms with E-state index in [1.165, 1.54) is 0 Å². The van der Waals surface area contributed by atoms with Crippen LogP contribution in [-0.2, 0) is 20.2 Å². The number of thioether (sulfide) groups is 1. The molecule has 0 aliphatic carbocycles. The van der Waals surface area contributed by atoms with E-state index in [0.29, 0.717) is 28.1 Å². The molecule has 2 aromatic carbocycles. The standard InChI is InChI=1S/C20H22BrCl2N5O2S/c1-28-20(25-26-27-28)31-8-4-7-24-11-13-9-18(29-2)19(10-15(13)21)30-12-14-16(22)5-3-6-17(14)23/h3,5-6,9-10,24H,4,7-8,11-12H2,1-2H3. The first-order valence-corrected chi connectivity index (χ1v) is 12.0. The van der Waals surface area contributed by atoms with Crippen molar-refractivity contribution in [1.82, 2.24) is 25.5 Å². The lowest BCUT2D eigenvalue weighted by molar-refractivity contribution is 0.284. The largest absolute Gasteiger partial charge is 0.493 e. The number of ether oxygens (including phenoxy) is 2.